The van der Waals surface area contributed by atoms with Gasteiger partial charge in [0.15, 0.2) is 0 Å². The fourth-order valence-corrected chi connectivity index (χ4v) is 1.85. The van der Waals surface area contributed by atoms with Crippen molar-refractivity contribution in [3.05, 3.63) is 45.6 Å². The summed E-state index contributed by atoms with van der Waals surface area (Å²) in [6, 6.07) is 3.42. The number of aryl methyl sites for hydroxylation is 2. The molecule has 2 rings (SSSR count). The lowest BCUT2D eigenvalue weighted by Gasteiger charge is -2.04. The number of amides is 1. The second-order valence-electron chi connectivity index (χ2n) is 3.90. The lowest BCUT2D eigenvalue weighted by Crippen LogP contribution is -2.23. The molecule has 0 bridgehead atoms. The molecule has 0 aliphatic rings. The van der Waals surface area contributed by atoms with Gasteiger partial charge in [0.05, 0.1) is 11.3 Å². The highest BCUT2D eigenvalue weighted by Crippen LogP contribution is 2.11. The Kier molecular flexibility index (Phi) is 3.57. The van der Waals surface area contributed by atoms with Crippen molar-refractivity contribution in [3.63, 3.8) is 0 Å². The Labute approximate surface area is 109 Å². The predicted molar refractivity (Wildman–Crippen MR) is 68.8 cm³/mol. The molecule has 0 saturated carbocycles. The van der Waals surface area contributed by atoms with Gasteiger partial charge < -0.3 is 14.8 Å². The van der Waals surface area contributed by atoms with Crippen molar-refractivity contribution in [2.45, 2.75) is 20.4 Å². The van der Waals surface area contributed by atoms with Gasteiger partial charge in [-0.05, 0) is 26.0 Å². The van der Waals surface area contributed by atoms with Crippen LogP contribution in [0.2, 0.25) is 0 Å². The zero-order chi connectivity index (χ0) is 13.1. The third kappa shape index (κ3) is 2.48. The first-order chi connectivity index (χ1) is 8.59. The van der Waals surface area contributed by atoms with Crippen LogP contribution in [-0.4, -0.2) is 16.0 Å². The number of aromatic nitrogens is 2. The Balaban J connectivity index is 2.10. The van der Waals surface area contributed by atoms with Crippen molar-refractivity contribution < 1.29 is 9.32 Å². The predicted octanol–water partition coefficient (Wildman–Crippen LogP) is 2.28. The van der Waals surface area contributed by atoms with Crippen LogP contribution in [0.25, 0.3) is 0 Å². The van der Waals surface area contributed by atoms with Crippen molar-refractivity contribution in [3.8, 4) is 0 Å². The van der Waals surface area contributed by atoms with E-state index in [0.29, 0.717) is 22.5 Å². The zero-order valence-corrected chi connectivity index (χ0v) is 10.9. The van der Waals surface area contributed by atoms with E-state index in [1.807, 2.05) is 13.8 Å². The molecule has 2 aromatic rings. The van der Waals surface area contributed by atoms with Crippen LogP contribution < -0.4 is 5.32 Å². The molecule has 2 aromatic heterocycles. The Bertz CT molecular complexity index is 611. The normalized spacial score (nSPS) is 10.3. The fourth-order valence-electron chi connectivity index (χ4n) is 1.62. The highest BCUT2D eigenvalue weighted by atomic mass is 32.1. The van der Waals surface area contributed by atoms with Crippen molar-refractivity contribution in [1.82, 2.24) is 15.5 Å². The van der Waals surface area contributed by atoms with E-state index in [0.717, 1.165) is 11.3 Å². The SMILES string of the molecule is Cc1noc(C)c1CNC(=O)c1ccc[nH]c1=S. The number of carbonyl (C=O) groups is 1. The number of nitrogens with zero attached hydrogens (tertiary/aromatic N) is 1. The number of pyridine rings is 1. The molecule has 0 spiro atoms. The Morgan fingerprint density at radius 1 is 1.56 bits per heavy atom. The first-order valence-corrected chi connectivity index (χ1v) is 5.88. The van der Waals surface area contributed by atoms with Crippen LogP contribution in [0, 0.1) is 18.5 Å². The number of aromatic amines is 1. The molecule has 0 saturated heterocycles. The molecule has 2 N–H and O–H groups in total. The van der Waals surface area contributed by atoms with Crippen LogP contribution in [0.5, 0.6) is 0 Å². The largest absolute Gasteiger partial charge is 0.361 e. The van der Waals surface area contributed by atoms with E-state index in [1.54, 1.807) is 18.3 Å². The molecule has 0 unspecified atom stereocenters. The molecule has 0 aliphatic heterocycles. The standard InChI is InChI=1S/C12H13N3O2S/c1-7-10(8(2)17-15-7)6-14-11(16)9-4-3-5-13-12(9)18/h3-5H,6H2,1-2H3,(H,13,18)(H,14,16). The van der Waals surface area contributed by atoms with E-state index in [-0.39, 0.29) is 5.91 Å². The zero-order valence-electron chi connectivity index (χ0n) is 10.1. The maximum absolute atomic E-state index is 11.9. The van der Waals surface area contributed by atoms with Crippen molar-refractivity contribution in [2.75, 3.05) is 0 Å². The quantitative estimate of drug-likeness (QED) is 0.833. The van der Waals surface area contributed by atoms with E-state index in [1.165, 1.54) is 0 Å². The molecular formula is C12H13N3O2S. The fraction of sp³-hybridized carbons (Fsp3) is 0.250. The Hall–Kier alpha value is -1.95. The van der Waals surface area contributed by atoms with Gasteiger partial charge >= 0.3 is 0 Å². The van der Waals surface area contributed by atoms with Gasteiger partial charge in [0, 0.05) is 18.3 Å². The molecule has 0 aromatic carbocycles. The van der Waals surface area contributed by atoms with E-state index in [2.05, 4.69) is 15.5 Å². The number of hydrogen-bond acceptors (Lipinski definition) is 4. The molecule has 94 valence electrons. The minimum absolute atomic E-state index is 0.211. The summed E-state index contributed by atoms with van der Waals surface area (Å²) in [7, 11) is 0. The second kappa shape index (κ2) is 5.14. The van der Waals surface area contributed by atoms with Crippen LogP contribution in [-0.2, 0) is 6.54 Å². The summed E-state index contributed by atoms with van der Waals surface area (Å²) >= 11 is 5.05. The molecule has 0 atom stereocenters. The van der Waals surface area contributed by atoms with E-state index in [9.17, 15) is 4.79 Å². The summed E-state index contributed by atoms with van der Waals surface area (Å²) in [4.78, 5) is 14.8. The van der Waals surface area contributed by atoms with Crippen molar-refractivity contribution >= 4 is 18.1 Å². The average Bonchev–Trinajstić information content (AvgIpc) is 2.67. The van der Waals surface area contributed by atoms with Crippen LogP contribution >= 0.6 is 12.2 Å². The third-order valence-electron chi connectivity index (χ3n) is 2.67. The molecule has 5 nitrogen and oxygen atoms in total. The van der Waals surface area contributed by atoms with Gasteiger partial charge in [-0.25, -0.2) is 0 Å². The average molecular weight is 263 g/mol. The first kappa shape index (κ1) is 12.5. The minimum Gasteiger partial charge on any atom is -0.361 e. The molecule has 1 amide bonds. The summed E-state index contributed by atoms with van der Waals surface area (Å²) in [5, 5.41) is 6.63. The summed E-state index contributed by atoms with van der Waals surface area (Å²) in [5.74, 6) is 0.503. The highest BCUT2D eigenvalue weighted by molar-refractivity contribution is 7.71. The number of hydrogen-bond donors (Lipinski definition) is 2. The number of nitrogens with one attached hydrogen (secondary N) is 2. The van der Waals surface area contributed by atoms with Gasteiger partial charge in [-0.15, -0.1) is 0 Å². The van der Waals surface area contributed by atoms with Gasteiger partial charge in [-0.3, -0.25) is 4.79 Å². The van der Waals surface area contributed by atoms with E-state index >= 15 is 0 Å². The Morgan fingerprint density at radius 3 is 2.94 bits per heavy atom. The third-order valence-corrected chi connectivity index (χ3v) is 3.01. The van der Waals surface area contributed by atoms with Crippen LogP contribution in [0.1, 0.15) is 27.4 Å². The smallest absolute Gasteiger partial charge is 0.254 e. The second-order valence-corrected chi connectivity index (χ2v) is 4.31. The number of carbonyl (C=O) groups excluding carboxylic acids is 1. The van der Waals surface area contributed by atoms with Crippen molar-refractivity contribution in [2.24, 2.45) is 0 Å². The highest BCUT2D eigenvalue weighted by Gasteiger charge is 2.12. The topological polar surface area (TPSA) is 70.9 Å². The monoisotopic (exact) mass is 263 g/mol. The number of H-pyrrole nitrogens is 1. The molecule has 0 radical (unpaired) electrons. The van der Waals surface area contributed by atoms with Crippen molar-refractivity contribution in [1.29, 1.82) is 0 Å². The summed E-state index contributed by atoms with van der Waals surface area (Å²) in [6.07, 6.45) is 1.69. The van der Waals surface area contributed by atoms with Crippen LogP contribution in [0.3, 0.4) is 0 Å². The molecule has 18 heavy (non-hydrogen) atoms. The van der Waals surface area contributed by atoms with Gasteiger partial charge in [0.2, 0.25) is 0 Å². The summed E-state index contributed by atoms with van der Waals surface area (Å²) < 4.78 is 5.45. The molecule has 0 fully saturated rings. The maximum atomic E-state index is 11.9. The molecule has 0 aliphatic carbocycles. The van der Waals surface area contributed by atoms with Gasteiger partial charge in [-0.2, -0.15) is 0 Å². The first-order valence-electron chi connectivity index (χ1n) is 5.47. The molecular weight excluding hydrogens is 250 g/mol. The van der Waals surface area contributed by atoms with E-state index < -0.39 is 0 Å². The lowest BCUT2D eigenvalue weighted by molar-refractivity contribution is 0.0950. The number of rotatable bonds is 3. The van der Waals surface area contributed by atoms with Gasteiger partial charge in [0.1, 0.15) is 10.4 Å². The maximum Gasteiger partial charge on any atom is 0.254 e. The molecule has 2 heterocycles. The minimum atomic E-state index is -0.211. The molecule has 6 heteroatoms. The van der Waals surface area contributed by atoms with E-state index in [4.69, 9.17) is 16.7 Å². The van der Waals surface area contributed by atoms with Crippen LogP contribution in [0.15, 0.2) is 22.9 Å². The van der Waals surface area contributed by atoms with Crippen LogP contribution in [0.4, 0.5) is 0 Å². The van der Waals surface area contributed by atoms with Gasteiger partial charge in [0.25, 0.3) is 5.91 Å². The summed E-state index contributed by atoms with van der Waals surface area (Å²) in [5.41, 5.74) is 2.14. The Morgan fingerprint density at radius 2 is 2.33 bits per heavy atom. The lowest BCUT2D eigenvalue weighted by atomic mass is 10.2. The summed E-state index contributed by atoms with van der Waals surface area (Å²) in [6.45, 7) is 4.03. The van der Waals surface area contributed by atoms with Gasteiger partial charge in [-0.1, -0.05) is 17.4 Å².